The summed E-state index contributed by atoms with van der Waals surface area (Å²) in [5.74, 6) is -1.11. The number of para-hydroxylation sites is 1. The Hall–Kier alpha value is -1.88. The quantitative estimate of drug-likeness (QED) is 0.820. The lowest BCUT2D eigenvalue weighted by atomic mass is 10.1. The molecule has 1 aliphatic heterocycles. The molecule has 0 aromatic heterocycles. The second-order valence-electron chi connectivity index (χ2n) is 4.30. The van der Waals surface area contributed by atoms with Gasteiger partial charge in [-0.15, -0.1) is 0 Å². The van der Waals surface area contributed by atoms with E-state index in [0.717, 1.165) is 11.3 Å². The molecule has 1 aromatic rings. The van der Waals surface area contributed by atoms with Crippen LogP contribution in [0.1, 0.15) is 12.0 Å². The average molecular weight is 248 g/mol. The molecule has 0 spiro atoms. The number of benzene rings is 1. The molecule has 96 valence electrons. The first kappa shape index (κ1) is 12.6. The summed E-state index contributed by atoms with van der Waals surface area (Å²) in [7, 11) is 1.76. The Balaban J connectivity index is 2.28. The molecule has 2 rings (SSSR count). The number of carboxylic acids is 1. The SMILES string of the molecule is CNCCC(=O)N1c2ccccc2CC1C(=O)O. The van der Waals surface area contributed by atoms with Crippen molar-refractivity contribution in [3.05, 3.63) is 29.8 Å². The van der Waals surface area contributed by atoms with Crippen LogP contribution >= 0.6 is 0 Å². The topological polar surface area (TPSA) is 69.6 Å². The molecule has 5 heteroatoms. The number of aliphatic carboxylic acids is 1. The summed E-state index contributed by atoms with van der Waals surface area (Å²) >= 11 is 0. The normalized spacial score (nSPS) is 17.6. The van der Waals surface area contributed by atoms with Crippen LogP contribution in [0.4, 0.5) is 5.69 Å². The zero-order chi connectivity index (χ0) is 13.1. The Morgan fingerprint density at radius 3 is 2.83 bits per heavy atom. The van der Waals surface area contributed by atoms with Crippen molar-refractivity contribution in [1.82, 2.24) is 5.32 Å². The zero-order valence-electron chi connectivity index (χ0n) is 10.2. The molecule has 1 aromatic carbocycles. The number of carbonyl (C=O) groups is 2. The lowest BCUT2D eigenvalue weighted by Crippen LogP contribution is -2.43. The summed E-state index contributed by atoms with van der Waals surface area (Å²) in [4.78, 5) is 24.8. The standard InChI is InChI=1S/C13H16N2O3/c1-14-7-6-12(16)15-10-5-3-2-4-9(10)8-11(15)13(17)18/h2-5,11,14H,6-8H2,1H3,(H,17,18). The Kier molecular flexibility index (Phi) is 3.62. The van der Waals surface area contributed by atoms with E-state index in [1.54, 1.807) is 13.1 Å². The molecule has 1 aliphatic rings. The fourth-order valence-electron chi connectivity index (χ4n) is 2.24. The number of hydrogen-bond acceptors (Lipinski definition) is 3. The van der Waals surface area contributed by atoms with Crippen molar-refractivity contribution in [1.29, 1.82) is 0 Å². The van der Waals surface area contributed by atoms with Gasteiger partial charge in [-0.05, 0) is 18.7 Å². The molecule has 0 aliphatic carbocycles. The molecule has 18 heavy (non-hydrogen) atoms. The summed E-state index contributed by atoms with van der Waals surface area (Å²) in [6.07, 6.45) is 0.686. The van der Waals surface area contributed by atoms with Crippen LogP contribution in [0.15, 0.2) is 24.3 Å². The van der Waals surface area contributed by atoms with Crippen LogP contribution in [0.2, 0.25) is 0 Å². The van der Waals surface area contributed by atoms with Crippen molar-refractivity contribution in [3.8, 4) is 0 Å². The minimum atomic E-state index is -0.955. The molecule has 1 amide bonds. The largest absolute Gasteiger partial charge is 0.480 e. The number of amides is 1. The number of anilines is 1. The van der Waals surface area contributed by atoms with Gasteiger partial charge >= 0.3 is 5.97 Å². The first-order valence-electron chi connectivity index (χ1n) is 5.92. The third-order valence-electron chi connectivity index (χ3n) is 3.12. The first-order chi connectivity index (χ1) is 8.65. The van der Waals surface area contributed by atoms with Gasteiger partial charge in [0.1, 0.15) is 6.04 Å². The van der Waals surface area contributed by atoms with Crippen molar-refractivity contribution in [2.45, 2.75) is 18.9 Å². The van der Waals surface area contributed by atoms with Crippen LogP contribution in [-0.2, 0) is 16.0 Å². The van der Waals surface area contributed by atoms with Crippen molar-refractivity contribution in [2.24, 2.45) is 0 Å². The highest BCUT2D eigenvalue weighted by molar-refractivity contribution is 6.01. The van der Waals surface area contributed by atoms with Crippen molar-refractivity contribution >= 4 is 17.6 Å². The molecule has 0 saturated heterocycles. The minimum absolute atomic E-state index is 0.151. The van der Waals surface area contributed by atoms with Gasteiger partial charge in [-0.2, -0.15) is 0 Å². The van der Waals surface area contributed by atoms with Crippen molar-refractivity contribution in [3.63, 3.8) is 0 Å². The van der Waals surface area contributed by atoms with Crippen LogP contribution in [0, 0.1) is 0 Å². The monoisotopic (exact) mass is 248 g/mol. The van der Waals surface area contributed by atoms with Crippen LogP contribution in [0.5, 0.6) is 0 Å². The average Bonchev–Trinajstić information content (AvgIpc) is 2.75. The predicted molar refractivity (Wildman–Crippen MR) is 67.6 cm³/mol. The summed E-state index contributed by atoms with van der Waals surface area (Å²) < 4.78 is 0. The molecule has 0 radical (unpaired) electrons. The third-order valence-corrected chi connectivity index (χ3v) is 3.12. The maximum absolute atomic E-state index is 12.1. The lowest BCUT2D eigenvalue weighted by Gasteiger charge is -2.22. The maximum Gasteiger partial charge on any atom is 0.327 e. The molecule has 1 unspecified atom stereocenters. The van der Waals surface area contributed by atoms with E-state index in [-0.39, 0.29) is 5.91 Å². The Morgan fingerprint density at radius 1 is 1.44 bits per heavy atom. The van der Waals surface area contributed by atoms with Gasteiger partial charge in [-0.1, -0.05) is 18.2 Å². The number of hydrogen-bond donors (Lipinski definition) is 2. The summed E-state index contributed by atoms with van der Waals surface area (Å²) in [5, 5.41) is 12.1. The fraction of sp³-hybridized carbons (Fsp3) is 0.385. The molecule has 5 nitrogen and oxygen atoms in total. The van der Waals surface area contributed by atoms with Gasteiger partial charge in [0.25, 0.3) is 0 Å². The van der Waals surface area contributed by atoms with Crippen LogP contribution < -0.4 is 10.2 Å². The highest BCUT2D eigenvalue weighted by atomic mass is 16.4. The van der Waals surface area contributed by atoms with E-state index < -0.39 is 12.0 Å². The van der Waals surface area contributed by atoms with Crippen LogP contribution in [-0.4, -0.2) is 36.6 Å². The van der Waals surface area contributed by atoms with E-state index >= 15 is 0 Å². The van der Waals surface area contributed by atoms with E-state index in [4.69, 9.17) is 0 Å². The zero-order valence-corrected chi connectivity index (χ0v) is 10.2. The summed E-state index contributed by atoms with van der Waals surface area (Å²) in [6.45, 7) is 0.545. The Labute approximate surface area is 105 Å². The molecule has 0 bridgehead atoms. The molecule has 1 heterocycles. The van der Waals surface area contributed by atoms with E-state index in [2.05, 4.69) is 5.32 Å². The molecule has 0 fully saturated rings. The van der Waals surface area contributed by atoms with Gasteiger partial charge in [0, 0.05) is 25.1 Å². The van der Waals surface area contributed by atoms with Crippen molar-refractivity contribution in [2.75, 3.05) is 18.5 Å². The van der Waals surface area contributed by atoms with E-state index in [0.29, 0.717) is 19.4 Å². The fourth-order valence-corrected chi connectivity index (χ4v) is 2.24. The summed E-state index contributed by atoms with van der Waals surface area (Å²) in [6, 6.07) is 6.58. The predicted octanol–water partition coefficient (Wildman–Crippen LogP) is 0.638. The highest BCUT2D eigenvalue weighted by Gasteiger charge is 2.37. The number of nitrogens with one attached hydrogen (secondary N) is 1. The second kappa shape index (κ2) is 5.18. The van der Waals surface area contributed by atoms with E-state index in [9.17, 15) is 14.7 Å². The third kappa shape index (κ3) is 2.22. The van der Waals surface area contributed by atoms with E-state index in [1.807, 2.05) is 18.2 Å². The van der Waals surface area contributed by atoms with Crippen LogP contribution in [0.3, 0.4) is 0 Å². The van der Waals surface area contributed by atoms with E-state index in [1.165, 1.54) is 4.90 Å². The molecular weight excluding hydrogens is 232 g/mol. The summed E-state index contributed by atoms with van der Waals surface area (Å²) in [5.41, 5.74) is 1.65. The number of carboxylic acid groups (broad SMARTS) is 1. The van der Waals surface area contributed by atoms with Gasteiger partial charge in [0.15, 0.2) is 0 Å². The van der Waals surface area contributed by atoms with Gasteiger partial charge in [0.2, 0.25) is 5.91 Å². The van der Waals surface area contributed by atoms with Gasteiger partial charge in [-0.25, -0.2) is 4.79 Å². The number of rotatable bonds is 4. The minimum Gasteiger partial charge on any atom is -0.480 e. The lowest BCUT2D eigenvalue weighted by molar-refractivity contribution is -0.139. The smallest absolute Gasteiger partial charge is 0.327 e. The van der Waals surface area contributed by atoms with Crippen LogP contribution in [0.25, 0.3) is 0 Å². The second-order valence-corrected chi connectivity index (χ2v) is 4.30. The number of fused-ring (bicyclic) bond motifs is 1. The van der Waals surface area contributed by atoms with Gasteiger partial charge in [-0.3, -0.25) is 9.69 Å². The Bertz CT molecular complexity index is 473. The molecule has 1 atom stereocenters. The first-order valence-corrected chi connectivity index (χ1v) is 5.92. The van der Waals surface area contributed by atoms with Gasteiger partial charge < -0.3 is 10.4 Å². The Morgan fingerprint density at radius 2 is 2.17 bits per heavy atom. The molecule has 0 saturated carbocycles. The maximum atomic E-state index is 12.1. The molecule has 2 N–H and O–H groups in total. The van der Waals surface area contributed by atoms with Gasteiger partial charge in [0.05, 0.1) is 0 Å². The molecular formula is C13H16N2O3. The number of nitrogens with zero attached hydrogens (tertiary/aromatic N) is 1. The van der Waals surface area contributed by atoms with Crippen molar-refractivity contribution < 1.29 is 14.7 Å². The number of carbonyl (C=O) groups excluding carboxylic acids is 1. The highest BCUT2D eigenvalue weighted by Crippen LogP contribution is 2.32.